The van der Waals surface area contributed by atoms with E-state index in [0.29, 0.717) is 32.1 Å². The molecule has 238 valence electrons. The summed E-state index contributed by atoms with van der Waals surface area (Å²) in [5.74, 6) is 0.343. The molecule has 2 saturated carbocycles. The highest BCUT2D eigenvalue weighted by molar-refractivity contribution is 8.00. The van der Waals surface area contributed by atoms with Crippen molar-refractivity contribution in [2.45, 2.75) is 117 Å². The van der Waals surface area contributed by atoms with Crippen LogP contribution in [0.4, 0.5) is 4.39 Å². The van der Waals surface area contributed by atoms with Crippen molar-refractivity contribution in [3.05, 3.63) is 0 Å². The smallest absolute Gasteiger partial charge is 0.153 e. The van der Waals surface area contributed by atoms with E-state index in [9.17, 15) is 8.42 Å². The summed E-state index contributed by atoms with van der Waals surface area (Å²) in [5.41, 5.74) is 6.35. The molecule has 5 fully saturated rings. The summed E-state index contributed by atoms with van der Waals surface area (Å²) >= 11 is 1.55. The maximum atomic E-state index is 15.7. The van der Waals surface area contributed by atoms with Gasteiger partial charge >= 0.3 is 0 Å². The fourth-order valence-corrected chi connectivity index (χ4v) is 10.7. The molecule has 2 aliphatic carbocycles. The minimum atomic E-state index is -3.34. The summed E-state index contributed by atoms with van der Waals surface area (Å²) in [6.45, 7) is 5.07. The van der Waals surface area contributed by atoms with E-state index >= 15 is 4.39 Å². The maximum Gasteiger partial charge on any atom is 0.153 e. The van der Waals surface area contributed by atoms with E-state index in [4.69, 9.17) is 14.2 Å². The molecule has 3 aliphatic heterocycles. The summed E-state index contributed by atoms with van der Waals surface area (Å²) in [6.07, 6.45) is 4.37. The monoisotopic (exact) mass is 622 g/mol. The van der Waals surface area contributed by atoms with Crippen LogP contribution in [0.1, 0.15) is 58.3 Å². The minimum Gasteiger partial charge on any atom is -0.381 e. The average molecular weight is 623 g/mol. The van der Waals surface area contributed by atoms with Gasteiger partial charge in [0.25, 0.3) is 0 Å². The van der Waals surface area contributed by atoms with Gasteiger partial charge in [-0.2, -0.15) is 0 Å². The molecular formula is C27H51FN6O5S2. The van der Waals surface area contributed by atoms with Gasteiger partial charge in [-0.05, 0) is 64.2 Å². The van der Waals surface area contributed by atoms with Crippen LogP contribution in [0.25, 0.3) is 0 Å². The van der Waals surface area contributed by atoms with Gasteiger partial charge in [-0.3, -0.25) is 26.3 Å². The van der Waals surface area contributed by atoms with E-state index in [0.717, 1.165) is 45.2 Å². The first-order chi connectivity index (χ1) is 19.8. The molecule has 3 saturated heterocycles. The van der Waals surface area contributed by atoms with Gasteiger partial charge in [0.05, 0.1) is 48.8 Å². The third-order valence-corrected chi connectivity index (χ3v) is 13.4. The van der Waals surface area contributed by atoms with Crippen LogP contribution >= 0.6 is 11.8 Å². The second-order valence-corrected chi connectivity index (χ2v) is 16.1. The number of methoxy groups -OCH3 is 2. The number of morpholine rings is 1. The van der Waals surface area contributed by atoms with Gasteiger partial charge < -0.3 is 14.2 Å². The topological polar surface area (TPSA) is 125 Å². The predicted molar refractivity (Wildman–Crippen MR) is 159 cm³/mol. The van der Waals surface area contributed by atoms with Crippen molar-refractivity contribution in [2.75, 3.05) is 46.3 Å². The van der Waals surface area contributed by atoms with Crippen molar-refractivity contribution < 1.29 is 27.0 Å². The number of hydrogen-bond acceptors (Lipinski definition) is 12. The van der Waals surface area contributed by atoms with Gasteiger partial charge in [0.2, 0.25) is 0 Å². The zero-order valence-electron chi connectivity index (χ0n) is 24.7. The molecule has 3 heterocycles. The summed E-state index contributed by atoms with van der Waals surface area (Å²) in [5, 5.41) is 10.1. The molecule has 5 aliphatic rings. The highest BCUT2D eigenvalue weighted by atomic mass is 32.2. The lowest BCUT2D eigenvalue weighted by Gasteiger charge is -2.49. The van der Waals surface area contributed by atoms with E-state index in [1.807, 2.05) is 0 Å². The Labute approximate surface area is 249 Å². The Balaban J connectivity index is 1.19. The fourth-order valence-electron chi connectivity index (χ4n) is 7.14. The Hall–Kier alpha value is -0.130. The summed E-state index contributed by atoms with van der Waals surface area (Å²) in [7, 11) is 0.115. The number of halogens is 1. The molecule has 0 aromatic carbocycles. The predicted octanol–water partition coefficient (Wildman–Crippen LogP) is 0.877. The first-order valence-corrected chi connectivity index (χ1v) is 18.1. The molecule has 11 nitrogen and oxygen atoms in total. The molecule has 0 bridgehead atoms. The maximum absolute atomic E-state index is 15.7. The zero-order chi connectivity index (χ0) is 29.0. The molecule has 0 radical (unpaired) electrons. The largest absolute Gasteiger partial charge is 0.381 e. The van der Waals surface area contributed by atoms with Crippen molar-refractivity contribution in [3.63, 3.8) is 0 Å². The number of thioether (sulfide) groups is 1. The van der Waals surface area contributed by atoms with Gasteiger partial charge in [0.1, 0.15) is 17.8 Å². The third-order valence-electron chi connectivity index (χ3n) is 9.56. The number of alkyl halides is 1. The highest BCUT2D eigenvalue weighted by Crippen LogP contribution is 2.38. The molecule has 41 heavy (non-hydrogen) atoms. The van der Waals surface area contributed by atoms with Gasteiger partial charge in [-0.25, -0.2) is 18.2 Å². The lowest BCUT2D eigenvalue weighted by molar-refractivity contribution is -0.0829. The number of nitrogens with zero attached hydrogens (tertiary/aromatic N) is 1. The van der Waals surface area contributed by atoms with Crippen LogP contribution in [0.15, 0.2) is 0 Å². The second kappa shape index (κ2) is 14.8. The van der Waals surface area contributed by atoms with E-state index < -0.39 is 21.3 Å². The summed E-state index contributed by atoms with van der Waals surface area (Å²) < 4.78 is 59.3. The van der Waals surface area contributed by atoms with Crippen LogP contribution in [0.2, 0.25) is 0 Å². The van der Waals surface area contributed by atoms with E-state index in [1.165, 1.54) is 0 Å². The first-order valence-electron chi connectivity index (χ1n) is 15.4. The lowest BCUT2D eigenvalue weighted by atomic mass is 9.89. The van der Waals surface area contributed by atoms with Crippen molar-refractivity contribution in [3.8, 4) is 0 Å². The Morgan fingerprint density at radius 3 is 2.39 bits per heavy atom. The molecule has 9 atom stereocenters. The number of hydrogen-bond donors (Lipinski definition) is 5. The summed E-state index contributed by atoms with van der Waals surface area (Å²) in [6, 6.07) is 0.356. The van der Waals surface area contributed by atoms with Crippen molar-refractivity contribution in [1.29, 1.82) is 0 Å². The molecule has 0 aromatic rings. The highest BCUT2D eigenvalue weighted by Gasteiger charge is 2.45. The normalized spacial score (nSPS) is 43.3. The Morgan fingerprint density at radius 2 is 1.76 bits per heavy atom. The molecule has 9 unspecified atom stereocenters. The number of nitrogens with one attached hydrogen (secondary N) is 5. The molecule has 0 aromatic heterocycles. The standard InChI is InChI=1S/C27H51FN6O5S2/c1-17-14-23(33-32-17)29-25-24(38-3)26(34-10-12-39-13-11-34)31-27(30-25)40-22-9-8-20(15-21(22)28)41(35,36)16-18-4-6-19(37-2)7-5-18/h17-27,29-33H,4-16H2,1-3H3. The number of rotatable bonds is 10. The van der Waals surface area contributed by atoms with Crippen LogP contribution < -0.4 is 26.8 Å². The van der Waals surface area contributed by atoms with Crippen molar-refractivity contribution >= 4 is 21.6 Å². The fraction of sp³-hybridized carbons (Fsp3) is 1.00. The first kappa shape index (κ1) is 32.3. The van der Waals surface area contributed by atoms with Gasteiger partial charge in [0, 0.05) is 38.6 Å². The molecule has 5 rings (SSSR count). The van der Waals surface area contributed by atoms with Crippen LogP contribution in [0.3, 0.4) is 0 Å². The van der Waals surface area contributed by atoms with Crippen LogP contribution in [0.5, 0.6) is 0 Å². The molecular weight excluding hydrogens is 571 g/mol. The SMILES string of the molecule is COC1CCC(CS(=O)(=O)C2CCC(SC3NC(NC4CC(C)NN4)C(OC)C(N4CCOCC4)N3)C(F)C2)CC1. The van der Waals surface area contributed by atoms with Crippen LogP contribution in [0, 0.1) is 5.92 Å². The van der Waals surface area contributed by atoms with Gasteiger partial charge in [-0.1, -0.05) is 0 Å². The number of hydrazine groups is 1. The average Bonchev–Trinajstić information content (AvgIpc) is 3.38. The Kier molecular flexibility index (Phi) is 11.6. The van der Waals surface area contributed by atoms with E-state index in [2.05, 4.69) is 38.6 Å². The lowest BCUT2D eigenvalue weighted by Crippen LogP contribution is -2.75. The van der Waals surface area contributed by atoms with E-state index in [-0.39, 0.29) is 59.5 Å². The Morgan fingerprint density at radius 1 is 1.00 bits per heavy atom. The van der Waals surface area contributed by atoms with E-state index in [1.54, 1.807) is 26.0 Å². The quantitative estimate of drug-likeness (QED) is 0.238. The second-order valence-electron chi connectivity index (χ2n) is 12.5. The molecule has 0 spiro atoms. The number of sulfone groups is 1. The molecule has 0 amide bonds. The van der Waals surface area contributed by atoms with Gasteiger partial charge in [-0.15, -0.1) is 11.8 Å². The molecule has 14 heteroatoms. The van der Waals surface area contributed by atoms with Crippen LogP contribution in [-0.4, -0.2) is 119 Å². The minimum absolute atomic E-state index is 0.0742. The summed E-state index contributed by atoms with van der Waals surface area (Å²) in [4.78, 5) is 2.35. The van der Waals surface area contributed by atoms with Crippen LogP contribution in [-0.2, 0) is 24.0 Å². The zero-order valence-corrected chi connectivity index (χ0v) is 26.4. The van der Waals surface area contributed by atoms with Crippen molar-refractivity contribution in [1.82, 2.24) is 31.7 Å². The number of ether oxygens (including phenoxy) is 3. The third kappa shape index (κ3) is 8.33. The van der Waals surface area contributed by atoms with Crippen molar-refractivity contribution in [2.24, 2.45) is 5.92 Å². The van der Waals surface area contributed by atoms with Gasteiger partial charge in [0.15, 0.2) is 9.84 Å². The Bertz CT molecular complexity index is 926. The molecule has 5 N–H and O–H groups in total.